The number of aliphatic imine (C=N–C) groups is 1. The van der Waals surface area contributed by atoms with Crippen molar-refractivity contribution in [2.45, 2.75) is 52.4 Å². The minimum absolute atomic E-state index is 0.0398. The monoisotopic (exact) mass is 416 g/mol. The number of rotatable bonds is 4. The number of carbonyl (C=O) groups excluding carboxylic acids is 1. The number of fused-ring (bicyclic) bond motifs is 1. The number of nitrogens with zero attached hydrogens (tertiary/aromatic N) is 1. The largest absolute Gasteiger partial charge is 0.322 e. The van der Waals surface area contributed by atoms with Gasteiger partial charge in [0.2, 0.25) is 0 Å². The predicted octanol–water partition coefficient (Wildman–Crippen LogP) is 7.03. The standard InChI is InChI=1S/C26H28N2OS/c1-18-11-10-15-22(19(18)2)28-25(29)24-21-14-8-3-4-9-16-23(21)30-26(24)27-17-20-12-6-5-7-13-20/h5-7,10-13,15,17H,3-4,8-9,14,16H2,1-2H3,(H,28,29). The third-order valence-electron chi connectivity index (χ3n) is 5.86. The van der Waals surface area contributed by atoms with E-state index in [1.807, 2.05) is 48.7 Å². The number of amides is 1. The molecule has 0 radical (unpaired) electrons. The van der Waals surface area contributed by atoms with E-state index >= 15 is 0 Å². The van der Waals surface area contributed by atoms with E-state index in [1.54, 1.807) is 11.3 Å². The van der Waals surface area contributed by atoms with E-state index in [4.69, 9.17) is 4.99 Å². The first-order chi connectivity index (χ1) is 14.6. The summed E-state index contributed by atoms with van der Waals surface area (Å²) in [5, 5.41) is 4.00. The molecule has 0 spiro atoms. The summed E-state index contributed by atoms with van der Waals surface area (Å²) in [5.74, 6) is -0.0398. The zero-order chi connectivity index (χ0) is 20.9. The van der Waals surface area contributed by atoms with Gasteiger partial charge in [0.25, 0.3) is 5.91 Å². The van der Waals surface area contributed by atoms with Crippen molar-refractivity contribution in [1.29, 1.82) is 0 Å². The molecule has 2 aromatic carbocycles. The fourth-order valence-electron chi connectivity index (χ4n) is 3.97. The molecule has 3 nitrogen and oxygen atoms in total. The average molecular weight is 417 g/mol. The van der Waals surface area contributed by atoms with Crippen LogP contribution in [0.1, 0.15) is 63.2 Å². The van der Waals surface area contributed by atoms with Crippen LogP contribution in [0.15, 0.2) is 53.5 Å². The van der Waals surface area contributed by atoms with Gasteiger partial charge in [-0.15, -0.1) is 11.3 Å². The number of anilines is 1. The third-order valence-corrected chi connectivity index (χ3v) is 7.06. The Balaban J connectivity index is 1.72. The molecule has 0 aliphatic heterocycles. The molecule has 4 heteroatoms. The van der Waals surface area contributed by atoms with Crippen molar-refractivity contribution < 1.29 is 4.79 Å². The van der Waals surface area contributed by atoms with Gasteiger partial charge in [-0.3, -0.25) is 4.79 Å². The predicted molar refractivity (Wildman–Crippen MR) is 128 cm³/mol. The second kappa shape index (κ2) is 9.40. The van der Waals surface area contributed by atoms with E-state index in [9.17, 15) is 4.79 Å². The molecular formula is C26H28N2OS. The first-order valence-electron chi connectivity index (χ1n) is 10.7. The number of thiophene rings is 1. The molecule has 1 amide bonds. The van der Waals surface area contributed by atoms with Crippen LogP contribution in [0.2, 0.25) is 0 Å². The Morgan fingerprint density at radius 1 is 0.967 bits per heavy atom. The van der Waals surface area contributed by atoms with Gasteiger partial charge in [0.15, 0.2) is 0 Å². The topological polar surface area (TPSA) is 41.5 Å². The highest BCUT2D eigenvalue weighted by Crippen LogP contribution is 2.39. The molecule has 0 bridgehead atoms. The Morgan fingerprint density at radius 2 is 1.73 bits per heavy atom. The number of carbonyl (C=O) groups is 1. The molecule has 1 heterocycles. The molecule has 30 heavy (non-hydrogen) atoms. The van der Waals surface area contributed by atoms with Crippen LogP contribution in [-0.4, -0.2) is 12.1 Å². The zero-order valence-corrected chi connectivity index (χ0v) is 18.5. The fraction of sp³-hybridized carbons (Fsp3) is 0.308. The molecule has 4 rings (SSSR count). The Bertz CT molecular complexity index is 1070. The maximum Gasteiger partial charge on any atom is 0.259 e. The summed E-state index contributed by atoms with van der Waals surface area (Å²) in [7, 11) is 0. The Kier molecular flexibility index (Phi) is 6.44. The van der Waals surface area contributed by atoms with Crippen molar-refractivity contribution >= 4 is 34.1 Å². The summed E-state index contributed by atoms with van der Waals surface area (Å²) in [6, 6.07) is 16.1. The minimum Gasteiger partial charge on any atom is -0.322 e. The molecular weight excluding hydrogens is 388 g/mol. The van der Waals surface area contributed by atoms with Crippen molar-refractivity contribution in [1.82, 2.24) is 0 Å². The maximum atomic E-state index is 13.5. The number of aryl methyl sites for hydroxylation is 2. The van der Waals surface area contributed by atoms with Gasteiger partial charge in [-0.05, 0) is 67.9 Å². The molecule has 0 atom stereocenters. The van der Waals surface area contributed by atoms with Gasteiger partial charge in [-0.1, -0.05) is 55.3 Å². The zero-order valence-electron chi connectivity index (χ0n) is 17.7. The lowest BCUT2D eigenvalue weighted by Gasteiger charge is -2.13. The molecule has 1 N–H and O–H groups in total. The summed E-state index contributed by atoms with van der Waals surface area (Å²) < 4.78 is 0. The second-order valence-electron chi connectivity index (χ2n) is 7.97. The van der Waals surface area contributed by atoms with Gasteiger partial charge in [-0.2, -0.15) is 0 Å². The van der Waals surface area contributed by atoms with Gasteiger partial charge >= 0.3 is 0 Å². The quantitative estimate of drug-likeness (QED) is 0.456. The van der Waals surface area contributed by atoms with E-state index in [2.05, 4.69) is 25.2 Å². The number of nitrogens with one attached hydrogen (secondary N) is 1. The van der Waals surface area contributed by atoms with Crippen LogP contribution in [0, 0.1) is 13.8 Å². The van der Waals surface area contributed by atoms with E-state index in [-0.39, 0.29) is 5.91 Å². The molecule has 0 saturated heterocycles. The summed E-state index contributed by atoms with van der Waals surface area (Å²) in [4.78, 5) is 19.6. The first-order valence-corrected chi connectivity index (χ1v) is 11.6. The summed E-state index contributed by atoms with van der Waals surface area (Å²) in [5.41, 5.74) is 6.18. The Morgan fingerprint density at radius 3 is 2.53 bits per heavy atom. The highest BCUT2D eigenvalue weighted by molar-refractivity contribution is 7.16. The summed E-state index contributed by atoms with van der Waals surface area (Å²) >= 11 is 1.69. The van der Waals surface area contributed by atoms with Gasteiger partial charge in [0.05, 0.1) is 5.56 Å². The van der Waals surface area contributed by atoms with Crippen LogP contribution in [-0.2, 0) is 12.8 Å². The van der Waals surface area contributed by atoms with E-state index < -0.39 is 0 Å². The lowest BCUT2D eigenvalue weighted by molar-refractivity contribution is 0.102. The highest BCUT2D eigenvalue weighted by Gasteiger charge is 2.24. The van der Waals surface area contributed by atoms with Crippen LogP contribution in [0.3, 0.4) is 0 Å². The molecule has 1 aliphatic carbocycles. The van der Waals surface area contributed by atoms with Crippen LogP contribution < -0.4 is 5.32 Å². The Labute approximate surface area is 182 Å². The van der Waals surface area contributed by atoms with Crippen LogP contribution in [0.5, 0.6) is 0 Å². The minimum atomic E-state index is -0.0398. The van der Waals surface area contributed by atoms with Gasteiger partial charge in [0, 0.05) is 16.8 Å². The average Bonchev–Trinajstić information content (AvgIpc) is 3.07. The maximum absolute atomic E-state index is 13.5. The van der Waals surface area contributed by atoms with Gasteiger partial charge < -0.3 is 5.32 Å². The van der Waals surface area contributed by atoms with Gasteiger partial charge in [-0.25, -0.2) is 4.99 Å². The van der Waals surface area contributed by atoms with Crippen molar-refractivity contribution in [3.63, 3.8) is 0 Å². The fourth-order valence-corrected chi connectivity index (χ4v) is 5.20. The van der Waals surface area contributed by atoms with Crippen LogP contribution >= 0.6 is 11.3 Å². The Hall–Kier alpha value is -2.72. The van der Waals surface area contributed by atoms with E-state index in [0.29, 0.717) is 0 Å². The molecule has 0 saturated carbocycles. The van der Waals surface area contributed by atoms with Crippen LogP contribution in [0.4, 0.5) is 10.7 Å². The van der Waals surface area contributed by atoms with Crippen LogP contribution in [0.25, 0.3) is 0 Å². The summed E-state index contributed by atoms with van der Waals surface area (Å²) in [6.07, 6.45) is 8.70. The normalized spacial score (nSPS) is 14.2. The van der Waals surface area contributed by atoms with E-state index in [0.717, 1.165) is 46.6 Å². The second-order valence-corrected chi connectivity index (χ2v) is 9.05. The molecule has 3 aromatic rings. The number of benzene rings is 2. The lowest BCUT2D eigenvalue weighted by atomic mass is 9.96. The number of hydrogen-bond donors (Lipinski definition) is 1. The molecule has 0 fully saturated rings. The highest BCUT2D eigenvalue weighted by atomic mass is 32.1. The molecule has 154 valence electrons. The first kappa shape index (κ1) is 20.5. The molecule has 1 aromatic heterocycles. The summed E-state index contributed by atoms with van der Waals surface area (Å²) in [6.45, 7) is 4.12. The molecule has 1 aliphatic rings. The smallest absolute Gasteiger partial charge is 0.259 e. The van der Waals surface area contributed by atoms with E-state index in [1.165, 1.54) is 35.3 Å². The van der Waals surface area contributed by atoms with Crippen molar-refractivity contribution in [2.75, 3.05) is 5.32 Å². The molecule has 0 unspecified atom stereocenters. The lowest BCUT2D eigenvalue weighted by Crippen LogP contribution is -2.15. The SMILES string of the molecule is Cc1cccc(NC(=O)c2c(N=Cc3ccccc3)sc3c2CCCCCC3)c1C. The van der Waals surface area contributed by atoms with Gasteiger partial charge in [0.1, 0.15) is 5.00 Å². The van der Waals surface area contributed by atoms with Crippen molar-refractivity contribution in [3.05, 3.63) is 81.2 Å². The third kappa shape index (κ3) is 4.54. The van der Waals surface area contributed by atoms with Crippen molar-refractivity contribution in [3.8, 4) is 0 Å². The number of hydrogen-bond acceptors (Lipinski definition) is 3. The van der Waals surface area contributed by atoms with Crippen molar-refractivity contribution in [2.24, 2.45) is 4.99 Å².